The Balaban J connectivity index is 2.01. The van der Waals surface area contributed by atoms with E-state index in [0.29, 0.717) is 29.3 Å². The number of nitrogens with one attached hydrogen (secondary N) is 2. The van der Waals surface area contributed by atoms with Gasteiger partial charge in [0.25, 0.3) is 0 Å². The molecule has 0 radical (unpaired) electrons. The van der Waals surface area contributed by atoms with Gasteiger partial charge in [-0.1, -0.05) is 6.07 Å². The Bertz CT molecular complexity index is 994. The summed E-state index contributed by atoms with van der Waals surface area (Å²) in [5.74, 6) is 0.632. The maximum Gasteiger partial charge on any atom is 0.183 e. The van der Waals surface area contributed by atoms with Crippen molar-refractivity contribution < 1.29 is 14.4 Å². The molecule has 0 unspecified atom stereocenters. The molecular weight excluding hydrogens is 368 g/mol. The first-order valence-corrected chi connectivity index (χ1v) is 9.68. The van der Waals surface area contributed by atoms with E-state index in [1.165, 1.54) is 6.08 Å². The third kappa shape index (κ3) is 5.10. The molecule has 1 aliphatic carbocycles. The molecule has 0 atom stereocenters. The smallest absolute Gasteiger partial charge is 0.183 e. The average molecular weight is 398 g/mol. The summed E-state index contributed by atoms with van der Waals surface area (Å²) in [4.78, 5) is 17.0. The number of ketones is 1. The van der Waals surface area contributed by atoms with Gasteiger partial charge in [-0.3, -0.25) is 4.79 Å². The Morgan fingerprint density at radius 3 is 2.69 bits per heavy atom. The van der Waals surface area contributed by atoms with E-state index < -0.39 is 0 Å². The monoisotopic (exact) mass is 397 g/mol. The van der Waals surface area contributed by atoms with Gasteiger partial charge in [-0.15, -0.1) is 5.10 Å². The molecule has 154 valence electrons. The van der Waals surface area contributed by atoms with Crippen LogP contribution in [0.5, 0.6) is 0 Å². The topological polar surface area (TPSA) is 91.0 Å². The van der Waals surface area contributed by atoms with Crippen LogP contribution in [-0.2, 0) is 4.79 Å². The fourth-order valence-corrected chi connectivity index (χ4v) is 2.94. The molecule has 0 saturated carbocycles. The molecule has 8 heteroatoms. The zero-order valence-electron chi connectivity index (χ0n) is 17.4. The van der Waals surface area contributed by atoms with E-state index in [-0.39, 0.29) is 12.4 Å². The predicted octanol–water partition coefficient (Wildman–Crippen LogP) is 1.52. The summed E-state index contributed by atoms with van der Waals surface area (Å²) in [7, 11) is 6.43. The number of allylic oxidation sites excluding steroid dienone is 3. The standard InChI is InChI=1S/C21H28N6O2/c1-15-13-17(16(14-19(15)29)22-9-12-28)24-20-18-7-5-6-10-26(18)25-21(20)23-8-11-27(2,3)4/h5-7,10,13-14,28H,8-9,11-12H2,1-4H3,(H-,22,23,25,29)/p+1. The lowest BCUT2D eigenvalue weighted by atomic mass is 10.0. The van der Waals surface area contributed by atoms with Gasteiger partial charge in [0, 0.05) is 18.8 Å². The highest BCUT2D eigenvalue weighted by atomic mass is 16.3. The van der Waals surface area contributed by atoms with Gasteiger partial charge in [-0.25, -0.2) is 9.51 Å². The third-order valence-corrected chi connectivity index (χ3v) is 4.54. The van der Waals surface area contributed by atoms with Crippen LogP contribution < -0.4 is 10.6 Å². The Morgan fingerprint density at radius 2 is 1.97 bits per heavy atom. The molecule has 0 fully saturated rings. The van der Waals surface area contributed by atoms with Crippen molar-refractivity contribution in [3.63, 3.8) is 0 Å². The van der Waals surface area contributed by atoms with Crippen molar-refractivity contribution in [2.24, 2.45) is 4.99 Å². The SMILES string of the molecule is CC1=CC(=Nc2c(NCC[N+](C)(C)C)nn3ccccc23)C(NCCO)=CC1=O. The molecule has 8 nitrogen and oxygen atoms in total. The summed E-state index contributed by atoms with van der Waals surface area (Å²) in [6.45, 7) is 3.77. The van der Waals surface area contributed by atoms with Crippen LogP contribution in [0, 0.1) is 0 Å². The Kier molecular flexibility index (Phi) is 6.14. The second kappa shape index (κ2) is 8.59. The van der Waals surface area contributed by atoms with Crippen LogP contribution >= 0.6 is 0 Å². The molecular formula is C21H29N6O2+. The number of aromatic nitrogens is 2. The van der Waals surface area contributed by atoms with Crippen LogP contribution in [0.2, 0.25) is 0 Å². The molecule has 1 aliphatic rings. The molecule has 0 spiro atoms. The maximum absolute atomic E-state index is 12.1. The largest absolute Gasteiger partial charge is 0.395 e. The molecule has 0 amide bonds. The Hall–Kier alpha value is -2.97. The highest BCUT2D eigenvalue weighted by molar-refractivity contribution is 6.22. The second-order valence-electron chi connectivity index (χ2n) is 8.07. The molecule has 2 heterocycles. The zero-order chi connectivity index (χ0) is 21.0. The summed E-state index contributed by atoms with van der Waals surface area (Å²) < 4.78 is 2.63. The minimum absolute atomic E-state index is 0.0317. The first-order chi connectivity index (χ1) is 13.8. The highest BCUT2D eigenvalue weighted by Crippen LogP contribution is 2.31. The van der Waals surface area contributed by atoms with Crippen molar-refractivity contribution in [3.05, 3.63) is 47.8 Å². The maximum atomic E-state index is 12.1. The van der Waals surface area contributed by atoms with E-state index in [1.54, 1.807) is 17.5 Å². The molecule has 0 aromatic carbocycles. The number of carbonyl (C=O) groups excluding carboxylic acids is 1. The first-order valence-electron chi connectivity index (χ1n) is 9.68. The number of hydrogen-bond acceptors (Lipinski definition) is 6. The lowest BCUT2D eigenvalue weighted by Crippen LogP contribution is -2.38. The molecule has 2 aromatic heterocycles. The predicted molar refractivity (Wildman–Crippen MR) is 116 cm³/mol. The second-order valence-corrected chi connectivity index (χ2v) is 8.07. The average Bonchev–Trinajstić information content (AvgIpc) is 3.00. The van der Waals surface area contributed by atoms with Crippen molar-refractivity contribution in [1.82, 2.24) is 14.9 Å². The lowest BCUT2D eigenvalue weighted by Gasteiger charge is -2.23. The third-order valence-electron chi connectivity index (χ3n) is 4.54. The van der Waals surface area contributed by atoms with Crippen LogP contribution in [0.25, 0.3) is 5.52 Å². The van der Waals surface area contributed by atoms with Gasteiger partial charge in [0.05, 0.1) is 57.8 Å². The van der Waals surface area contributed by atoms with E-state index >= 15 is 0 Å². The van der Waals surface area contributed by atoms with Crippen LogP contribution in [0.4, 0.5) is 11.5 Å². The molecule has 3 rings (SSSR count). The van der Waals surface area contributed by atoms with Gasteiger partial charge >= 0.3 is 0 Å². The van der Waals surface area contributed by atoms with E-state index in [2.05, 4.69) is 36.9 Å². The fraction of sp³-hybridized carbons (Fsp3) is 0.381. The van der Waals surface area contributed by atoms with Crippen molar-refractivity contribution in [3.8, 4) is 0 Å². The number of fused-ring (bicyclic) bond motifs is 1. The van der Waals surface area contributed by atoms with E-state index in [9.17, 15) is 4.79 Å². The minimum atomic E-state index is -0.0643. The molecule has 29 heavy (non-hydrogen) atoms. The summed E-state index contributed by atoms with van der Waals surface area (Å²) in [6, 6.07) is 5.83. The number of hydrogen-bond donors (Lipinski definition) is 3. The first kappa shape index (κ1) is 20.8. The van der Waals surface area contributed by atoms with Crippen LogP contribution in [0.3, 0.4) is 0 Å². The summed E-state index contributed by atoms with van der Waals surface area (Å²) in [6.07, 6.45) is 5.18. The van der Waals surface area contributed by atoms with Gasteiger partial charge in [0.15, 0.2) is 11.6 Å². The van der Waals surface area contributed by atoms with Crippen LogP contribution in [-0.4, -0.2) is 78.1 Å². The fourth-order valence-electron chi connectivity index (χ4n) is 2.94. The Morgan fingerprint density at radius 1 is 1.17 bits per heavy atom. The minimum Gasteiger partial charge on any atom is -0.395 e. The normalized spacial score (nSPS) is 16.2. The zero-order valence-corrected chi connectivity index (χ0v) is 17.4. The number of anilines is 1. The van der Waals surface area contributed by atoms with Gasteiger partial charge in [-0.2, -0.15) is 0 Å². The number of aliphatic hydroxyl groups excluding tert-OH is 1. The number of aliphatic hydroxyl groups is 1. The summed E-state index contributed by atoms with van der Waals surface area (Å²) >= 11 is 0. The molecule has 0 bridgehead atoms. The van der Waals surface area contributed by atoms with Crippen molar-refractivity contribution in [1.29, 1.82) is 0 Å². The highest BCUT2D eigenvalue weighted by Gasteiger charge is 2.19. The number of aliphatic imine (C=N–C) groups is 1. The van der Waals surface area contributed by atoms with Gasteiger partial charge in [-0.05, 0) is 30.7 Å². The van der Waals surface area contributed by atoms with Crippen molar-refractivity contribution in [2.75, 3.05) is 52.7 Å². The van der Waals surface area contributed by atoms with E-state index in [0.717, 1.165) is 28.8 Å². The Labute approximate surface area is 170 Å². The lowest BCUT2D eigenvalue weighted by molar-refractivity contribution is -0.868. The van der Waals surface area contributed by atoms with Gasteiger partial charge < -0.3 is 20.2 Å². The number of carbonyl (C=O) groups is 1. The van der Waals surface area contributed by atoms with E-state index in [1.807, 2.05) is 24.4 Å². The number of likely N-dealkylation sites (N-methyl/N-ethyl adjacent to an activating group) is 1. The molecule has 3 N–H and O–H groups in total. The van der Waals surface area contributed by atoms with Crippen LogP contribution in [0.1, 0.15) is 6.92 Å². The van der Waals surface area contributed by atoms with Crippen molar-refractivity contribution in [2.45, 2.75) is 6.92 Å². The molecule has 0 saturated heterocycles. The van der Waals surface area contributed by atoms with Gasteiger partial charge in [0.1, 0.15) is 5.69 Å². The molecule has 2 aromatic rings. The van der Waals surface area contributed by atoms with E-state index in [4.69, 9.17) is 10.1 Å². The quantitative estimate of drug-likeness (QED) is 0.464. The summed E-state index contributed by atoms with van der Waals surface area (Å²) in [5.41, 5.74) is 3.45. The number of pyridine rings is 1. The van der Waals surface area contributed by atoms with Crippen molar-refractivity contribution >= 4 is 28.5 Å². The molecule has 0 aliphatic heterocycles. The number of quaternary nitrogens is 1. The van der Waals surface area contributed by atoms with Crippen LogP contribution in [0.15, 0.2) is 52.8 Å². The number of rotatable bonds is 8. The summed E-state index contributed by atoms with van der Waals surface area (Å²) in [5, 5.41) is 20.3. The van der Waals surface area contributed by atoms with Gasteiger partial charge in [0.2, 0.25) is 0 Å². The number of nitrogens with zero attached hydrogens (tertiary/aromatic N) is 4.